The van der Waals surface area contributed by atoms with E-state index in [1.165, 1.54) is 0 Å². The summed E-state index contributed by atoms with van der Waals surface area (Å²) in [4.78, 5) is 8.20. The molecule has 0 aliphatic carbocycles. The molecule has 3 nitrogen and oxygen atoms in total. The molecule has 1 unspecified atom stereocenters. The van der Waals surface area contributed by atoms with Gasteiger partial charge in [-0.1, -0.05) is 51.1 Å². The lowest BCUT2D eigenvalue weighted by Gasteiger charge is -2.19. The van der Waals surface area contributed by atoms with Gasteiger partial charge in [-0.05, 0) is 19.3 Å². The van der Waals surface area contributed by atoms with Gasteiger partial charge in [0.15, 0.2) is 0 Å². The third kappa shape index (κ3) is 2.71. The zero-order valence-electron chi connectivity index (χ0n) is 12.2. The molecule has 1 aromatic heterocycles. The Labute approximate surface area is 115 Å². The molecule has 102 valence electrons. The summed E-state index contributed by atoms with van der Waals surface area (Å²) in [5.41, 5.74) is 9.22. The Balaban J connectivity index is 2.55. The second-order valence-electron chi connectivity index (χ2n) is 5.64. The van der Waals surface area contributed by atoms with Crippen molar-refractivity contribution >= 4 is 0 Å². The Hall–Kier alpha value is -1.61. The molecule has 0 spiro atoms. The molecular formula is C16H23N3. The van der Waals surface area contributed by atoms with E-state index in [2.05, 4.69) is 37.9 Å². The van der Waals surface area contributed by atoms with Crippen LogP contribution in [0, 0.1) is 0 Å². The van der Waals surface area contributed by atoms with Gasteiger partial charge in [-0.15, -0.1) is 0 Å². The minimum Gasteiger partial charge on any atom is -0.344 e. The fraction of sp³-hybridized carbons (Fsp3) is 0.438. The molecule has 0 saturated carbocycles. The number of H-pyrrole nitrogens is 1. The van der Waals surface area contributed by atoms with Crippen LogP contribution in [0.15, 0.2) is 30.3 Å². The molecule has 1 aromatic carbocycles. The highest BCUT2D eigenvalue weighted by atomic mass is 15.0. The molecule has 1 heterocycles. The van der Waals surface area contributed by atoms with Crippen molar-refractivity contribution < 1.29 is 0 Å². The average molecular weight is 257 g/mol. The van der Waals surface area contributed by atoms with Crippen LogP contribution in [0.2, 0.25) is 0 Å². The van der Waals surface area contributed by atoms with E-state index in [1.54, 1.807) is 0 Å². The van der Waals surface area contributed by atoms with E-state index < -0.39 is 5.54 Å². The molecule has 0 fully saturated rings. The van der Waals surface area contributed by atoms with E-state index in [-0.39, 0.29) is 0 Å². The first-order valence-corrected chi connectivity index (χ1v) is 6.90. The first kappa shape index (κ1) is 13.8. The monoisotopic (exact) mass is 257 g/mol. The summed E-state index contributed by atoms with van der Waals surface area (Å²) in [6, 6.07) is 10.3. The van der Waals surface area contributed by atoms with Gasteiger partial charge < -0.3 is 10.7 Å². The fourth-order valence-corrected chi connectivity index (χ4v) is 2.06. The molecule has 0 bridgehead atoms. The first-order valence-electron chi connectivity index (χ1n) is 6.90. The summed E-state index contributed by atoms with van der Waals surface area (Å²) in [5, 5.41) is 0. The summed E-state index contributed by atoms with van der Waals surface area (Å²) < 4.78 is 0. The zero-order chi connectivity index (χ0) is 14.0. The van der Waals surface area contributed by atoms with E-state index in [9.17, 15) is 0 Å². The van der Waals surface area contributed by atoms with Crippen molar-refractivity contribution in [1.82, 2.24) is 9.97 Å². The number of nitrogens with one attached hydrogen (secondary N) is 1. The molecule has 0 amide bonds. The minimum atomic E-state index is -0.406. The van der Waals surface area contributed by atoms with Crippen LogP contribution in [-0.2, 0) is 5.54 Å². The van der Waals surface area contributed by atoms with Gasteiger partial charge in [0, 0.05) is 11.3 Å². The van der Waals surface area contributed by atoms with Crippen molar-refractivity contribution in [3.05, 3.63) is 41.9 Å². The maximum absolute atomic E-state index is 6.30. The van der Waals surface area contributed by atoms with E-state index in [0.29, 0.717) is 5.92 Å². The second kappa shape index (κ2) is 5.17. The van der Waals surface area contributed by atoms with Crippen LogP contribution in [0.5, 0.6) is 0 Å². The number of aromatic amines is 1. The Morgan fingerprint density at radius 1 is 1.26 bits per heavy atom. The predicted molar refractivity (Wildman–Crippen MR) is 79.9 cm³/mol. The van der Waals surface area contributed by atoms with Crippen molar-refractivity contribution in [1.29, 1.82) is 0 Å². The molecule has 0 aliphatic rings. The van der Waals surface area contributed by atoms with Crippen LogP contribution >= 0.6 is 0 Å². The smallest absolute Gasteiger partial charge is 0.126 e. The predicted octanol–water partition coefficient (Wildman–Crippen LogP) is 3.78. The average Bonchev–Trinajstić information content (AvgIpc) is 2.85. The first-order chi connectivity index (χ1) is 8.95. The number of aromatic nitrogens is 2. The molecule has 0 radical (unpaired) electrons. The Morgan fingerprint density at radius 3 is 2.42 bits per heavy atom. The highest BCUT2D eigenvalue weighted by Crippen LogP contribution is 2.30. The van der Waals surface area contributed by atoms with Gasteiger partial charge >= 0.3 is 0 Å². The summed E-state index contributed by atoms with van der Waals surface area (Å²) in [7, 11) is 0. The number of nitrogens with zero attached hydrogens (tertiary/aromatic N) is 1. The van der Waals surface area contributed by atoms with Gasteiger partial charge in [0.1, 0.15) is 5.82 Å². The standard InChI is InChI=1S/C16H23N3/c1-5-16(4,17)15-18-13(11(2)3)14(19-15)12-9-7-6-8-10-12/h6-11H,5,17H2,1-4H3,(H,18,19). The molecule has 0 aliphatic heterocycles. The van der Waals surface area contributed by atoms with E-state index in [1.807, 2.05) is 25.1 Å². The number of benzene rings is 1. The highest BCUT2D eigenvalue weighted by molar-refractivity contribution is 5.62. The topological polar surface area (TPSA) is 54.7 Å². The van der Waals surface area contributed by atoms with Crippen LogP contribution in [0.3, 0.4) is 0 Å². The zero-order valence-corrected chi connectivity index (χ0v) is 12.2. The van der Waals surface area contributed by atoms with Crippen LogP contribution in [0.1, 0.15) is 51.6 Å². The largest absolute Gasteiger partial charge is 0.344 e. The van der Waals surface area contributed by atoms with Gasteiger partial charge in [0.25, 0.3) is 0 Å². The molecule has 1 atom stereocenters. The van der Waals surface area contributed by atoms with E-state index in [4.69, 9.17) is 10.7 Å². The summed E-state index contributed by atoms with van der Waals surface area (Å²) in [6.07, 6.45) is 0.853. The third-order valence-corrected chi connectivity index (χ3v) is 3.63. The van der Waals surface area contributed by atoms with Gasteiger partial charge in [-0.25, -0.2) is 4.98 Å². The number of imidazole rings is 1. The van der Waals surface area contributed by atoms with Crippen LogP contribution in [0.25, 0.3) is 11.3 Å². The molecule has 0 saturated heterocycles. The SMILES string of the molecule is CCC(C)(N)c1nc(-c2ccccc2)c(C(C)C)[nH]1. The van der Waals surface area contributed by atoms with Crippen molar-refractivity contribution in [3.8, 4) is 11.3 Å². The third-order valence-electron chi connectivity index (χ3n) is 3.63. The molecule has 3 heteroatoms. The van der Waals surface area contributed by atoms with Gasteiger partial charge in [0.05, 0.1) is 11.2 Å². The number of hydrogen-bond donors (Lipinski definition) is 2. The minimum absolute atomic E-state index is 0.393. The number of nitrogens with two attached hydrogens (primary N) is 1. The maximum atomic E-state index is 6.30. The molecule has 19 heavy (non-hydrogen) atoms. The van der Waals surface area contributed by atoms with Gasteiger partial charge in [-0.2, -0.15) is 0 Å². The van der Waals surface area contributed by atoms with Crippen molar-refractivity contribution in [2.45, 2.75) is 45.6 Å². The summed E-state index contributed by atoms with van der Waals surface area (Å²) >= 11 is 0. The van der Waals surface area contributed by atoms with Crippen molar-refractivity contribution in [2.24, 2.45) is 5.73 Å². The highest BCUT2D eigenvalue weighted by Gasteiger charge is 2.25. The molecule has 3 N–H and O–H groups in total. The van der Waals surface area contributed by atoms with Crippen LogP contribution in [-0.4, -0.2) is 9.97 Å². The quantitative estimate of drug-likeness (QED) is 0.875. The van der Waals surface area contributed by atoms with E-state index in [0.717, 1.165) is 29.2 Å². The molecular weight excluding hydrogens is 234 g/mol. The lowest BCUT2D eigenvalue weighted by Crippen LogP contribution is -2.33. The normalized spacial score (nSPS) is 14.6. The molecule has 2 rings (SSSR count). The van der Waals surface area contributed by atoms with Crippen molar-refractivity contribution in [2.75, 3.05) is 0 Å². The maximum Gasteiger partial charge on any atom is 0.126 e. The van der Waals surface area contributed by atoms with Crippen molar-refractivity contribution in [3.63, 3.8) is 0 Å². The Morgan fingerprint density at radius 2 is 1.89 bits per heavy atom. The second-order valence-corrected chi connectivity index (χ2v) is 5.64. The lowest BCUT2D eigenvalue weighted by molar-refractivity contribution is 0.449. The van der Waals surface area contributed by atoms with E-state index >= 15 is 0 Å². The Kier molecular flexibility index (Phi) is 3.76. The van der Waals surface area contributed by atoms with Crippen LogP contribution in [0.4, 0.5) is 0 Å². The summed E-state index contributed by atoms with van der Waals surface area (Å²) in [6.45, 7) is 8.44. The lowest BCUT2D eigenvalue weighted by atomic mass is 10.00. The van der Waals surface area contributed by atoms with Crippen LogP contribution < -0.4 is 5.73 Å². The van der Waals surface area contributed by atoms with Gasteiger partial charge in [-0.3, -0.25) is 0 Å². The fourth-order valence-electron chi connectivity index (χ4n) is 2.06. The van der Waals surface area contributed by atoms with Gasteiger partial charge in [0.2, 0.25) is 0 Å². The summed E-state index contributed by atoms with van der Waals surface area (Å²) in [5.74, 6) is 1.27. The molecule has 2 aromatic rings. The Bertz CT molecular complexity index is 538. The number of hydrogen-bond acceptors (Lipinski definition) is 2. The number of rotatable bonds is 4.